The van der Waals surface area contributed by atoms with E-state index >= 15 is 0 Å². The van der Waals surface area contributed by atoms with E-state index in [2.05, 4.69) is 4.74 Å². The number of nitriles is 1. The second-order valence-electron chi connectivity index (χ2n) is 4.41. The zero-order valence-electron chi connectivity index (χ0n) is 12.5. The summed E-state index contributed by atoms with van der Waals surface area (Å²) in [5, 5.41) is 10.5. The van der Waals surface area contributed by atoms with Crippen molar-refractivity contribution in [1.29, 1.82) is 5.26 Å². The monoisotopic (exact) mass is 342 g/mol. The minimum absolute atomic E-state index is 0.399. The van der Waals surface area contributed by atoms with Gasteiger partial charge in [-0.2, -0.15) is 18.4 Å². The van der Waals surface area contributed by atoms with Crippen molar-refractivity contribution in [3.8, 4) is 11.8 Å². The van der Waals surface area contributed by atoms with Crippen molar-refractivity contribution >= 4 is 18.0 Å². The van der Waals surface area contributed by atoms with Crippen molar-refractivity contribution < 1.29 is 32.2 Å². The Kier molecular flexibility index (Phi) is 6.79. The number of carbonyl (C=O) groups excluding carboxylic acids is 2. The van der Waals surface area contributed by atoms with Crippen molar-refractivity contribution in [3.63, 3.8) is 0 Å². The van der Waals surface area contributed by atoms with Gasteiger partial charge >= 0.3 is 12.1 Å². The summed E-state index contributed by atoms with van der Waals surface area (Å²) in [6.07, 6.45) is -3.35. The molecule has 0 fully saturated rings. The molecule has 0 aliphatic heterocycles. The predicted molar refractivity (Wildman–Crippen MR) is 76.6 cm³/mol. The van der Waals surface area contributed by atoms with Crippen LogP contribution in [-0.2, 0) is 14.3 Å². The van der Waals surface area contributed by atoms with Gasteiger partial charge in [0.15, 0.2) is 6.61 Å². The van der Waals surface area contributed by atoms with E-state index in [1.165, 1.54) is 18.5 Å². The highest BCUT2D eigenvalue weighted by molar-refractivity contribution is 5.98. The Balaban J connectivity index is 2.61. The first-order chi connectivity index (χ1) is 11.2. The van der Waals surface area contributed by atoms with Crippen LogP contribution in [0, 0.1) is 11.3 Å². The Labute approximate surface area is 135 Å². The van der Waals surface area contributed by atoms with Gasteiger partial charge in [0, 0.05) is 0 Å². The van der Waals surface area contributed by atoms with E-state index < -0.39 is 36.8 Å². The molecule has 1 aromatic rings. The molecule has 0 spiro atoms. The molecule has 24 heavy (non-hydrogen) atoms. The molecule has 9 heteroatoms. The minimum Gasteiger partial charge on any atom is -0.497 e. The van der Waals surface area contributed by atoms with E-state index in [0.717, 1.165) is 0 Å². The maximum Gasteiger partial charge on any atom is 0.405 e. The van der Waals surface area contributed by atoms with Gasteiger partial charge in [0.1, 0.15) is 23.9 Å². The number of nitrogens with one attached hydrogen (secondary N) is 1. The van der Waals surface area contributed by atoms with E-state index in [-0.39, 0.29) is 0 Å². The second-order valence-corrected chi connectivity index (χ2v) is 4.41. The van der Waals surface area contributed by atoms with Gasteiger partial charge in [-0.05, 0) is 23.8 Å². The lowest BCUT2D eigenvalue weighted by molar-refractivity contribution is -0.148. The molecule has 1 N–H and O–H groups in total. The average Bonchev–Trinajstić information content (AvgIpc) is 2.55. The van der Waals surface area contributed by atoms with Crippen LogP contribution in [0.25, 0.3) is 6.08 Å². The van der Waals surface area contributed by atoms with Crippen molar-refractivity contribution in [3.05, 3.63) is 35.4 Å². The van der Waals surface area contributed by atoms with Crippen LogP contribution in [0.15, 0.2) is 29.8 Å². The number of alkyl halides is 3. The number of esters is 1. The third kappa shape index (κ3) is 6.83. The van der Waals surface area contributed by atoms with Crippen LogP contribution in [0.3, 0.4) is 0 Å². The lowest BCUT2D eigenvalue weighted by atomic mass is 10.1. The number of carbonyl (C=O) groups is 2. The van der Waals surface area contributed by atoms with Crippen LogP contribution in [0.5, 0.6) is 5.75 Å². The molecule has 0 aliphatic rings. The van der Waals surface area contributed by atoms with Crippen LogP contribution < -0.4 is 10.1 Å². The second kappa shape index (κ2) is 8.57. The van der Waals surface area contributed by atoms with Crippen LogP contribution in [0.1, 0.15) is 5.56 Å². The Morgan fingerprint density at radius 1 is 1.29 bits per heavy atom. The Bertz CT molecular complexity index is 661. The van der Waals surface area contributed by atoms with Gasteiger partial charge in [0.25, 0.3) is 5.91 Å². The zero-order valence-corrected chi connectivity index (χ0v) is 12.5. The summed E-state index contributed by atoms with van der Waals surface area (Å²) in [6.45, 7) is -2.45. The molecule has 6 nitrogen and oxygen atoms in total. The number of rotatable bonds is 6. The van der Waals surface area contributed by atoms with Crippen molar-refractivity contribution in [1.82, 2.24) is 5.32 Å². The molecular weight excluding hydrogens is 329 g/mol. The molecule has 0 aromatic heterocycles. The maximum atomic E-state index is 11.9. The highest BCUT2D eigenvalue weighted by Crippen LogP contribution is 2.14. The van der Waals surface area contributed by atoms with Crippen LogP contribution in [-0.4, -0.2) is 38.3 Å². The maximum absolute atomic E-state index is 11.9. The van der Waals surface area contributed by atoms with E-state index in [1.807, 2.05) is 0 Å². The smallest absolute Gasteiger partial charge is 0.405 e. The highest BCUT2D eigenvalue weighted by atomic mass is 19.4. The molecule has 0 radical (unpaired) electrons. The first-order valence-corrected chi connectivity index (χ1v) is 6.51. The summed E-state index contributed by atoms with van der Waals surface area (Å²) in [5.41, 5.74) is 0.106. The number of methoxy groups -OCH3 is 1. The SMILES string of the molecule is COc1ccc(/C=C(\C#N)C(=O)OCC(=O)NCC(F)(F)F)cc1. The van der Waals surface area contributed by atoms with Crippen LogP contribution >= 0.6 is 0 Å². The summed E-state index contributed by atoms with van der Waals surface area (Å²) < 4.78 is 45.2. The summed E-state index contributed by atoms with van der Waals surface area (Å²) in [7, 11) is 1.48. The van der Waals surface area contributed by atoms with Crippen molar-refractivity contribution in [2.45, 2.75) is 6.18 Å². The molecule has 128 valence electrons. The van der Waals surface area contributed by atoms with Crippen LogP contribution in [0.4, 0.5) is 13.2 Å². The fraction of sp³-hybridized carbons (Fsp3) is 0.267. The normalized spacial score (nSPS) is 11.4. The lowest BCUT2D eigenvalue weighted by Crippen LogP contribution is -2.36. The third-order valence-corrected chi connectivity index (χ3v) is 2.59. The predicted octanol–water partition coefficient (Wildman–Crippen LogP) is 1.82. The molecule has 1 rings (SSSR count). The van der Waals surface area contributed by atoms with Gasteiger partial charge < -0.3 is 14.8 Å². The largest absolute Gasteiger partial charge is 0.497 e. The van der Waals surface area contributed by atoms with Gasteiger partial charge in [-0.25, -0.2) is 4.79 Å². The fourth-order valence-electron chi connectivity index (χ4n) is 1.46. The number of hydrogen-bond donors (Lipinski definition) is 1. The van der Waals surface area contributed by atoms with E-state index in [0.29, 0.717) is 11.3 Å². The first-order valence-electron chi connectivity index (χ1n) is 6.51. The average molecular weight is 342 g/mol. The molecule has 0 atom stereocenters. The first kappa shape index (κ1) is 19.0. The molecular formula is C15H13F3N2O4. The quantitative estimate of drug-likeness (QED) is 0.484. The molecule has 0 saturated carbocycles. The fourth-order valence-corrected chi connectivity index (χ4v) is 1.46. The van der Waals surface area contributed by atoms with Crippen molar-refractivity contribution in [2.24, 2.45) is 0 Å². The number of halogens is 3. The lowest BCUT2D eigenvalue weighted by Gasteiger charge is -2.08. The van der Waals surface area contributed by atoms with E-state index in [9.17, 15) is 22.8 Å². The molecule has 0 saturated heterocycles. The number of amides is 1. The van der Waals surface area contributed by atoms with Gasteiger partial charge in [0.2, 0.25) is 0 Å². The molecule has 0 aliphatic carbocycles. The standard InChI is InChI=1S/C15H13F3N2O4/c1-23-12-4-2-10(3-5-12)6-11(7-19)14(22)24-8-13(21)20-9-15(16,17)18/h2-6H,8-9H2,1H3,(H,20,21)/b11-6+. The van der Waals surface area contributed by atoms with E-state index in [4.69, 9.17) is 10.00 Å². The third-order valence-electron chi connectivity index (χ3n) is 2.59. The Morgan fingerprint density at radius 3 is 2.42 bits per heavy atom. The van der Waals surface area contributed by atoms with E-state index in [1.54, 1.807) is 30.3 Å². The van der Waals surface area contributed by atoms with Gasteiger partial charge in [-0.15, -0.1) is 0 Å². The van der Waals surface area contributed by atoms with Gasteiger partial charge in [0.05, 0.1) is 7.11 Å². The van der Waals surface area contributed by atoms with Gasteiger partial charge in [-0.3, -0.25) is 4.79 Å². The topological polar surface area (TPSA) is 88.4 Å². The number of ether oxygens (including phenoxy) is 2. The number of hydrogen-bond acceptors (Lipinski definition) is 5. The Morgan fingerprint density at radius 2 is 1.92 bits per heavy atom. The number of nitrogens with zero attached hydrogens (tertiary/aromatic N) is 1. The minimum atomic E-state index is -4.56. The van der Waals surface area contributed by atoms with Gasteiger partial charge in [-0.1, -0.05) is 12.1 Å². The summed E-state index contributed by atoms with van der Waals surface area (Å²) in [4.78, 5) is 22.8. The summed E-state index contributed by atoms with van der Waals surface area (Å²) in [6, 6.07) is 7.98. The molecule has 1 aromatic carbocycles. The zero-order chi connectivity index (χ0) is 18.2. The Hall–Kier alpha value is -3.02. The molecule has 0 bridgehead atoms. The summed E-state index contributed by atoms with van der Waals surface area (Å²) in [5.74, 6) is -1.66. The van der Waals surface area contributed by atoms with Crippen LogP contribution in [0.2, 0.25) is 0 Å². The molecule has 0 unspecified atom stereocenters. The summed E-state index contributed by atoms with van der Waals surface area (Å²) >= 11 is 0. The highest BCUT2D eigenvalue weighted by Gasteiger charge is 2.27. The number of benzene rings is 1. The van der Waals surface area contributed by atoms with Crippen molar-refractivity contribution in [2.75, 3.05) is 20.3 Å². The molecule has 1 amide bonds. The molecule has 0 heterocycles.